The summed E-state index contributed by atoms with van der Waals surface area (Å²) in [4.78, 5) is 2.32. The van der Waals surface area contributed by atoms with Gasteiger partial charge >= 0.3 is 0 Å². The first-order valence-corrected chi connectivity index (χ1v) is 16.6. The SMILES string of the molecule is c1ccc(-c2ccc(N(c3ccc(-c4cc5oc6ccccc6c5c5ccccc45)cc3)c3ccc4oc5ccccc5c4c3)cc2)cc1. The van der Waals surface area contributed by atoms with Gasteiger partial charge in [0.1, 0.15) is 22.3 Å². The van der Waals surface area contributed by atoms with Crippen LogP contribution >= 0.6 is 0 Å². The summed E-state index contributed by atoms with van der Waals surface area (Å²) in [7, 11) is 0. The Morgan fingerprint density at radius 2 is 0.816 bits per heavy atom. The molecule has 8 aromatic carbocycles. The van der Waals surface area contributed by atoms with Crippen molar-refractivity contribution in [2.45, 2.75) is 0 Å². The van der Waals surface area contributed by atoms with Gasteiger partial charge in [0.05, 0.1) is 0 Å². The Bertz CT molecular complexity index is 2810. The highest BCUT2D eigenvalue weighted by Gasteiger charge is 2.18. The first-order valence-electron chi connectivity index (χ1n) is 16.6. The normalized spacial score (nSPS) is 11.7. The Labute approximate surface area is 282 Å². The fraction of sp³-hybridized carbons (Fsp3) is 0. The molecule has 0 spiro atoms. The van der Waals surface area contributed by atoms with Crippen LogP contribution in [0.4, 0.5) is 17.1 Å². The monoisotopic (exact) mass is 627 g/mol. The van der Waals surface area contributed by atoms with Gasteiger partial charge in [0, 0.05) is 38.6 Å². The van der Waals surface area contributed by atoms with Crippen LogP contribution in [0, 0.1) is 0 Å². The third-order valence-electron chi connectivity index (χ3n) is 9.67. The molecule has 2 heterocycles. The number of anilines is 3. The van der Waals surface area contributed by atoms with Crippen LogP contribution in [-0.4, -0.2) is 0 Å². The summed E-state index contributed by atoms with van der Waals surface area (Å²) in [5.41, 5.74) is 11.5. The molecule has 0 bridgehead atoms. The van der Waals surface area contributed by atoms with Crippen LogP contribution in [-0.2, 0) is 0 Å². The van der Waals surface area contributed by atoms with Gasteiger partial charge in [-0.05, 0) is 93.7 Å². The lowest BCUT2D eigenvalue weighted by molar-refractivity contribution is 0.668. The van der Waals surface area contributed by atoms with Gasteiger partial charge in [-0.2, -0.15) is 0 Å². The second kappa shape index (κ2) is 11.0. The number of furan rings is 2. The molecular weight excluding hydrogens is 599 g/mol. The molecule has 0 atom stereocenters. The van der Waals surface area contributed by atoms with Crippen molar-refractivity contribution in [1.29, 1.82) is 0 Å². The maximum absolute atomic E-state index is 6.38. The van der Waals surface area contributed by atoms with Gasteiger partial charge in [-0.1, -0.05) is 115 Å². The van der Waals surface area contributed by atoms with Gasteiger partial charge in [0.2, 0.25) is 0 Å². The molecule has 0 aliphatic carbocycles. The lowest BCUT2D eigenvalue weighted by Gasteiger charge is -2.26. The molecule has 3 heteroatoms. The Morgan fingerprint density at radius 1 is 0.306 bits per heavy atom. The number of fused-ring (bicyclic) bond motifs is 8. The maximum Gasteiger partial charge on any atom is 0.136 e. The summed E-state index contributed by atoms with van der Waals surface area (Å²) >= 11 is 0. The average molecular weight is 628 g/mol. The fourth-order valence-electron chi connectivity index (χ4n) is 7.35. The summed E-state index contributed by atoms with van der Waals surface area (Å²) in [6, 6.07) is 62.0. The van der Waals surface area contributed by atoms with E-state index in [2.05, 4.69) is 157 Å². The third kappa shape index (κ3) is 4.51. The van der Waals surface area contributed by atoms with Crippen molar-refractivity contribution in [2.24, 2.45) is 0 Å². The second-order valence-corrected chi connectivity index (χ2v) is 12.5. The zero-order valence-corrected chi connectivity index (χ0v) is 26.5. The molecule has 230 valence electrons. The molecule has 10 rings (SSSR count). The van der Waals surface area contributed by atoms with E-state index < -0.39 is 0 Å². The van der Waals surface area contributed by atoms with E-state index in [1.54, 1.807) is 0 Å². The molecule has 3 nitrogen and oxygen atoms in total. The smallest absolute Gasteiger partial charge is 0.136 e. The zero-order chi connectivity index (χ0) is 32.3. The summed E-state index contributed by atoms with van der Waals surface area (Å²) in [5.74, 6) is 0. The van der Waals surface area contributed by atoms with Crippen LogP contribution in [0.2, 0.25) is 0 Å². The first-order chi connectivity index (χ1) is 24.3. The Hall–Kier alpha value is -6.58. The Balaban J connectivity index is 1.12. The van der Waals surface area contributed by atoms with Crippen LogP contribution in [0.15, 0.2) is 185 Å². The quantitative estimate of drug-likeness (QED) is 0.190. The van der Waals surface area contributed by atoms with Crippen molar-refractivity contribution in [3.63, 3.8) is 0 Å². The largest absolute Gasteiger partial charge is 0.456 e. The second-order valence-electron chi connectivity index (χ2n) is 12.5. The van der Waals surface area contributed by atoms with Gasteiger partial charge in [0.15, 0.2) is 0 Å². The van der Waals surface area contributed by atoms with Crippen LogP contribution in [0.25, 0.3) is 76.9 Å². The highest BCUT2D eigenvalue weighted by molar-refractivity contribution is 6.22. The zero-order valence-electron chi connectivity index (χ0n) is 26.5. The molecule has 0 saturated carbocycles. The number of benzene rings is 8. The molecule has 0 N–H and O–H groups in total. The summed E-state index contributed by atoms with van der Waals surface area (Å²) in [6.45, 7) is 0. The predicted octanol–water partition coefficient (Wildman–Crippen LogP) is 13.4. The van der Waals surface area contributed by atoms with Crippen LogP contribution in [0.1, 0.15) is 0 Å². The number of rotatable bonds is 5. The highest BCUT2D eigenvalue weighted by atomic mass is 16.3. The molecule has 2 aromatic heterocycles. The van der Waals surface area contributed by atoms with E-state index in [0.717, 1.165) is 66.7 Å². The lowest BCUT2D eigenvalue weighted by atomic mass is 9.94. The van der Waals surface area contributed by atoms with Gasteiger partial charge in [-0.25, -0.2) is 0 Å². The van der Waals surface area contributed by atoms with E-state index >= 15 is 0 Å². The van der Waals surface area contributed by atoms with E-state index in [0.29, 0.717) is 0 Å². The number of hydrogen-bond donors (Lipinski definition) is 0. The minimum Gasteiger partial charge on any atom is -0.456 e. The summed E-state index contributed by atoms with van der Waals surface area (Å²) in [5, 5.41) is 6.93. The van der Waals surface area contributed by atoms with E-state index in [1.807, 2.05) is 24.3 Å². The number of nitrogens with zero attached hydrogens (tertiary/aromatic N) is 1. The van der Waals surface area contributed by atoms with Gasteiger partial charge in [-0.15, -0.1) is 0 Å². The van der Waals surface area contributed by atoms with E-state index in [4.69, 9.17) is 8.83 Å². The van der Waals surface area contributed by atoms with Crippen molar-refractivity contribution >= 4 is 71.7 Å². The van der Waals surface area contributed by atoms with Crippen molar-refractivity contribution in [1.82, 2.24) is 0 Å². The van der Waals surface area contributed by atoms with Gasteiger partial charge in [-0.3, -0.25) is 0 Å². The fourth-order valence-corrected chi connectivity index (χ4v) is 7.35. The van der Waals surface area contributed by atoms with Gasteiger partial charge < -0.3 is 13.7 Å². The first kappa shape index (κ1) is 27.5. The van der Waals surface area contributed by atoms with Crippen molar-refractivity contribution in [3.05, 3.63) is 176 Å². The lowest BCUT2D eigenvalue weighted by Crippen LogP contribution is -2.09. The molecule has 10 aromatic rings. The summed E-state index contributed by atoms with van der Waals surface area (Å²) < 4.78 is 12.6. The molecule has 49 heavy (non-hydrogen) atoms. The van der Waals surface area contributed by atoms with Crippen LogP contribution < -0.4 is 4.90 Å². The minimum absolute atomic E-state index is 0.882. The number of para-hydroxylation sites is 2. The van der Waals surface area contributed by atoms with Crippen molar-refractivity contribution in [3.8, 4) is 22.3 Å². The minimum atomic E-state index is 0.882. The van der Waals surface area contributed by atoms with Gasteiger partial charge in [0.25, 0.3) is 0 Å². The predicted molar refractivity (Wildman–Crippen MR) is 204 cm³/mol. The van der Waals surface area contributed by atoms with E-state index in [1.165, 1.54) is 27.3 Å². The highest BCUT2D eigenvalue weighted by Crippen LogP contribution is 2.42. The van der Waals surface area contributed by atoms with E-state index in [9.17, 15) is 0 Å². The third-order valence-corrected chi connectivity index (χ3v) is 9.67. The topological polar surface area (TPSA) is 29.5 Å². The van der Waals surface area contributed by atoms with Crippen LogP contribution in [0.3, 0.4) is 0 Å². The van der Waals surface area contributed by atoms with Crippen molar-refractivity contribution in [2.75, 3.05) is 4.90 Å². The van der Waals surface area contributed by atoms with E-state index in [-0.39, 0.29) is 0 Å². The molecule has 0 fully saturated rings. The molecule has 0 aliphatic rings. The molecule has 0 radical (unpaired) electrons. The maximum atomic E-state index is 6.38. The summed E-state index contributed by atoms with van der Waals surface area (Å²) in [6.07, 6.45) is 0. The van der Waals surface area contributed by atoms with Crippen LogP contribution in [0.5, 0.6) is 0 Å². The molecular formula is C46H29NO2. The molecule has 0 amide bonds. The molecule has 0 aliphatic heterocycles. The average Bonchev–Trinajstić information content (AvgIpc) is 3.74. The molecule has 0 saturated heterocycles. The Morgan fingerprint density at radius 3 is 1.55 bits per heavy atom. The molecule has 0 unspecified atom stereocenters. The standard InChI is InChI=1S/C46H29NO2/c1-2-10-30(11-3-1)31-18-22-33(23-19-31)47(35-26-27-44-41(28-35)37-13-6-8-16-42(37)48-44)34-24-20-32(21-25-34)40-29-45-46(38-14-5-4-12-36(38)40)39-15-7-9-17-43(39)49-45/h1-29H. The number of hydrogen-bond acceptors (Lipinski definition) is 3. The Kier molecular flexibility index (Phi) is 6.18. The van der Waals surface area contributed by atoms with Crippen molar-refractivity contribution < 1.29 is 8.83 Å².